The van der Waals surface area contributed by atoms with Crippen molar-refractivity contribution in [1.82, 2.24) is 57.7 Å². The number of aromatic nitrogens is 1. The number of unbranched alkanes of at least 4 members (excludes halogenated alkanes) is 1. The number of likely N-dealkylation sites (N-methyl/N-ethyl adjacent to an activating group) is 1. The number of benzene rings is 4. The van der Waals surface area contributed by atoms with E-state index in [9.17, 15) is 73.2 Å². The predicted octanol–water partition coefficient (Wildman–Crippen LogP) is 3.32. The molecule has 4 aliphatic heterocycles. The summed E-state index contributed by atoms with van der Waals surface area (Å²) in [4.78, 5) is 179. The molecule has 4 aliphatic rings. The number of methoxy groups -OCH3 is 2. The Balaban J connectivity index is 0.868. The van der Waals surface area contributed by atoms with E-state index >= 15 is 4.79 Å². The molecule has 0 aliphatic carbocycles. The molecule has 0 saturated carbocycles. The highest BCUT2D eigenvalue weighted by Crippen LogP contribution is 2.49. The van der Waals surface area contributed by atoms with Gasteiger partial charge in [0.05, 0.1) is 43.6 Å². The number of nitrogens with two attached hydrogens (primary N) is 2. The number of aromatic amines is 1. The number of hydrogen-bond donors (Lipinski definition) is 16. The first-order valence-electron chi connectivity index (χ1n) is 41.4. The van der Waals surface area contributed by atoms with Crippen LogP contribution in [0.15, 0.2) is 121 Å². The zero-order valence-corrected chi connectivity index (χ0v) is 75.8. The van der Waals surface area contributed by atoms with Crippen LogP contribution in [0.2, 0.25) is 5.02 Å². The van der Waals surface area contributed by atoms with E-state index in [0.29, 0.717) is 51.9 Å². The quantitative estimate of drug-likeness (QED) is 0.0141. The van der Waals surface area contributed by atoms with Crippen LogP contribution in [-0.2, 0) is 97.4 Å². The molecule has 4 aromatic carbocycles. The van der Waals surface area contributed by atoms with Crippen molar-refractivity contribution < 1.29 is 102 Å². The fourth-order valence-electron chi connectivity index (χ4n) is 14.8. The van der Waals surface area contributed by atoms with Gasteiger partial charge in [-0.1, -0.05) is 146 Å². The number of hydrogen-bond acceptors (Lipinski definition) is 27. The number of phenolic OH excluding ortho intramolecular Hbond substituents is 1. The van der Waals surface area contributed by atoms with Gasteiger partial charge in [-0.25, -0.2) is 9.59 Å². The third-order valence-corrected chi connectivity index (χ3v) is 27.6. The van der Waals surface area contributed by atoms with Gasteiger partial charge in [-0.15, -0.1) is 0 Å². The molecule has 5 heterocycles. The molecule has 35 nitrogen and oxygen atoms in total. The number of aromatic hydroxyl groups is 1. The Morgan fingerprint density at radius 2 is 1.48 bits per heavy atom. The number of carbonyl (C=O) groups is 12. The monoisotopic (exact) mass is 1840 g/mol. The Bertz CT molecular complexity index is 4730. The summed E-state index contributed by atoms with van der Waals surface area (Å²) in [5, 5.41) is 69.4. The molecule has 18 atom stereocenters. The number of nitrogens with zero attached hydrogens (tertiary/aromatic N) is 2. The number of anilines is 1. The first kappa shape index (κ1) is 100. The van der Waals surface area contributed by atoms with Gasteiger partial charge < -0.3 is 113 Å². The van der Waals surface area contributed by atoms with Gasteiger partial charge in [-0.2, -0.15) is 0 Å². The van der Waals surface area contributed by atoms with Crippen LogP contribution >= 0.6 is 54.8 Å². The number of amides is 11. The van der Waals surface area contributed by atoms with Crippen LogP contribution in [0.3, 0.4) is 0 Å². The van der Waals surface area contributed by atoms with E-state index in [0.717, 1.165) is 32.7 Å². The number of halogens is 1. The summed E-state index contributed by atoms with van der Waals surface area (Å²) >= 11 is 6.88. The molecule has 0 spiro atoms. The number of aliphatic hydroxyl groups excluding tert-OH is 2. The fraction of sp³-hybridized carbons (Fsp3) is 0.512. The Morgan fingerprint density at radius 1 is 0.817 bits per heavy atom. The molecule has 0 radical (unpaired) electrons. The van der Waals surface area contributed by atoms with E-state index in [1.165, 1.54) is 105 Å². The lowest BCUT2D eigenvalue weighted by atomic mass is 9.83. The summed E-state index contributed by atoms with van der Waals surface area (Å²) < 4.78 is 29.7. The van der Waals surface area contributed by atoms with E-state index in [-0.39, 0.29) is 91.8 Å². The van der Waals surface area contributed by atoms with Gasteiger partial charge in [0.2, 0.25) is 59.1 Å². The number of carbonyl (C=O) groups excluding carboxylic acids is 12. The zero-order chi connectivity index (χ0) is 91.9. The van der Waals surface area contributed by atoms with E-state index < -0.39 is 186 Å². The Hall–Kier alpha value is -9.65. The summed E-state index contributed by atoms with van der Waals surface area (Å²) in [7, 11) is 10.1. The van der Waals surface area contributed by atoms with Crippen molar-refractivity contribution >= 4 is 143 Å². The van der Waals surface area contributed by atoms with E-state index in [1.54, 1.807) is 92.9 Å². The average Bonchev–Trinajstić information content (AvgIpc) is 1.57. The third-order valence-electron chi connectivity index (χ3n) is 22.4. The van der Waals surface area contributed by atoms with Crippen molar-refractivity contribution in [1.29, 1.82) is 0 Å². The smallest absolute Gasteiger partial charge is 0.409 e. The average molecular weight is 1840 g/mol. The van der Waals surface area contributed by atoms with Gasteiger partial charge in [0.1, 0.15) is 88.8 Å². The summed E-state index contributed by atoms with van der Waals surface area (Å²) in [5.41, 5.74) is 13.4. The standard InChI is InChI=1S/C86H115ClN14O21S4/c1-46-19-18-25-67(119-10)86(117)42-66(120-84(116)99-86)47(2)74-85(6,122-74)68(41-70(106)101(8)64-38-53(35-46)39-65(118-9)71(64)87)121-83(115)48(3)100(7)69(105)30-33-123-124-34-32-90-81(113)72(49(4)102)97-80(112)63-45-126-125-44-62(95-75(107)57(89)36-51-20-12-11-13-21-51)79(111)93-60(37-52-26-28-55(104)29-27-52)77(109)94-61(40-54-43-91-58-23-15-14-22-56(54)58)78(110)92-59(24-16-17-31-88)76(108)98-73(50(5)103)82(114)96-63/h11-15,18-23,25-29,38-39,43,47-50,57,59-63,66-68,72-74,91,102-104,117H,16-17,24,30-37,40-42,44-45,88-89H2,1-10H3,(H,90,113)(H,92,110)(H,93,111)(H,94,109)(H,95,107)(H,96,114)(H,97,112)(H,98,108)(H,99,116)/b25-18+,46-19+/t47-,48+,49-,50-,57-,59+,60+,61-,62+,63+,66+,67-,68+,72+,73+,74+,85-,86+/m1/s1. The maximum absolute atomic E-state index is 15.1. The van der Waals surface area contributed by atoms with Crippen molar-refractivity contribution in [3.05, 3.63) is 148 Å². The van der Waals surface area contributed by atoms with Gasteiger partial charge in [-0.05, 0) is 126 Å². The molecule has 126 heavy (non-hydrogen) atoms. The normalized spacial score (nSPS) is 26.3. The maximum atomic E-state index is 15.1. The van der Waals surface area contributed by atoms with Crippen molar-refractivity contribution in [3.8, 4) is 11.5 Å². The van der Waals surface area contributed by atoms with Crippen LogP contribution in [0.1, 0.15) is 102 Å². The Labute approximate surface area is 751 Å². The number of H-pyrrole nitrogens is 1. The highest BCUT2D eigenvalue weighted by Gasteiger charge is 2.65. The summed E-state index contributed by atoms with van der Waals surface area (Å²) in [6.45, 7) is 9.33. The summed E-state index contributed by atoms with van der Waals surface area (Å²) in [5.74, 6) is -9.94. The van der Waals surface area contributed by atoms with Gasteiger partial charge in [-0.3, -0.25) is 53.3 Å². The number of esters is 1. The summed E-state index contributed by atoms with van der Waals surface area (Å²) in [6, 6.07) is 11.9. The molecule has 11 amide bonds. The number of nitrogens with one attached hydrogen (secondary N) is 10. The van der Waals surface area contributed by atoms with Gasteiger partial charge in [0.25, 0.3) is 0 Å². The van der Waals surface area contributed by atoms with E-state index in [2.05, 4.69) is 52.8 Å². The predicted molar refractivity (Wildman–Crippen MR) is 480 cm³/mol. The van der Waals surface area contributed by atoms with Crippen molar-refractivity contribution in [2.75, 3.05) is 69.3 Å². The molecule has 3 fully saturated rings. The van der Waals surface area contributed by atoms with Gasteiger partial charge in [0, 0.05) is 99.5 Å². The second-order valence-corrected chi connectivity index (χ2v) is 37.6. The molecule has 9 rings (SSSR count). The number of allylic oxidation sites excluding steroid dienone is 3. The second kappa shape index (κ2) is 46.9. The van der Waals surface area contributed by atoms with Crippen molar-refractivity contribution in [3.63, 3.8) is 0 Å². The molecule has 686 valence electrons. The lowest BCUT2D eigenvalue weighted by Crippen LogP contribution is -2.63. The fourth-order valence-corrected chi connectivity index (χ4v) is 19.3. The number of fused-ring (bicyclic) bond motifs is 6. The number of aliphatic hydroxyl groups is 3. The van der Waals surface area contributed by atoms with Gasteiger partial charge in [0.15, 0.2) is 5.72 Å². The lowest BCUT2D eigenvalue weighted by molar-refractivity contribution is -0.162. The number of ether oxygens (including phenoxy) is 5. The molecule has 5 aromatic rings. The van der Waals surface area contributed by atoms with Crippen LogP contribution < -0.4 is 69.0 Å². The number of alkyl carbamates (subject to hydrolysis) is 1. The minimum Gasteiger partial charge on any atom is -0.508 e. The zero-order valence-electron chi connectivity index (χ0n) is 71.8. The molecule has 3 saturated heterocycles. The van der Waals surface area contributed by atoms with Gasteiger partial charge >= 0.3 is 12.1 Å². The maximum Gasteiger partial charge on any atom is 0.409 e. The molecule has 4 bridgehead atoms. The highest BCUT2D eigenvalue weighted by atomic mass is 35.5. The first-order valence-corrected chi connectivity index (χ1v) is 46.7. The molecule has 0 unspecified atom stereocenters. The van der Waals surface area contributed by atoms with Crippen LogP contribution in [0.4, 0.5) is 10.5 Å². The Kier molecular flexibility index (Phi) is 37.3. The SMILES string of the molecule is COc1cc2cc(c1Cl)N(C)C(=O)C[C@H](OC(=O)[C@H](C)N(C)C(=O)CCSSCCNC(=O)[C@@H](NC(=O)[C@@H]1CSSC[C@H](NC(=O)[C@H](N)Cc3ccccc3)C(=O)N[C@@H](Cc3ccc(O)cc3)C(=O)N[C@H](Cc3c[nH]c4ccccc34)C(=O)N[C@@H](CCCCN)C(=O)N[C@@H]([C@@H](C)O)C(=O)N1)[C@@H](C)O)[C@@]1(C)O[C@H]1[C@H](C)[C@@H]1C[C@@](O)(NC(=O)O1)[C@H](OC)/C=C/C=C(\C)C2. The number of epoxide rings is 1. The highest BCUT2D eigenvalue weighted by molar-refractivity contribution is 8.77. The molecular formula is C86H115ClN14O21S4. The molecule has 1 aromatic heterocycles. The van der Waals surface area contributed by atoms with Crippen LogP contribution in [-0.4, -0.2) is 268 Å². The number of para-hydroxylation sites is 1. The summed E-state index contributed by atoms with van der Waals surface area (Å²) in [6.07, 6.45) is -1.56. The minimum atomic E-state index is -1.94. The minimum absolute atomic E-state index is 0.0401. The number of phenols is 1. The van der Waals surface area contributed by atoms with Crippen LogP contribution in [0.25, 0.3) is 10.9 Å². The van der Waals surface area contributed by atoms with E-state index in [1.807, 2.05) is 19.1 Å². The first-order chi connectivity index (χ1) is 59.9. The van der Waals surface area contributed by atoms with Crippen molar-refractivity contribution in [2.45, 2.75) is 208 Å². The molecular weight excluding hydrogens is 1730 g/mol. The topological polar surface area (TPSA) is 518 Å². The second-order valence-electron chi connectivity index (χ2n) is 31.9. The molecule has 40 heteroatoms. The Morgan fingerprint density at radius 3 is 2.17 bits per heavy atom. The molecule has 18 N–H and O–H groups in total. The number of rotatable bonds is 29. The van der Waals surface area contributed by atoms with Crippen molar-refractivity contribution in [2.24, 2.45) is 17.4 Å². The lowest BCUT2D eigenvalue weighted by Gasteiger charge is -2.42. The van der Waals surface area contributed by atoms with Crippen LogP contribution in [0.5, 0.6) is 11.5 Å². The van der Waals surface area contributed by atoms with Crippen LogP contribution in [0, 0.1) is 5.92 Å². The third kappa shape index (κ3) is 27.4. The largest absolute Gasteiger partial charge is 0.508 e. The van der Waals surface area contributed by atoms with E-state index in [4.69, 9.17) is 46.8 Å².